The summed E-state index contributed by atoms with van der Waals surface area (Å²) in [7, 11) is 0. The van der Waals surface area contributed by atoms with Gasteiger partial charge in [-0.25, -0.2) is 0 Å². The molecule has 1 aromatic rings. The summed E-state index contributed by atoms with van der Waals surface area (Å²) in [5.74, 6) is -0.0968. The Bertz CT molecular complexity index is 425. The topological polar surface area (TPSA) is 46.3 Å². The van der Waals surface area contributed by atoms with Gasteiger partial charge < -0.3 is 10.6 Å². The smallest absolute Gasteiger partial charge is 0.255 e. The van der Waals surface area contributed by atoms with E-state index >= 15 is 0 Å². The highest BCUT2D eigenvalue weighted by atomic mass is 35.5. The molecular formula is C11H13Cl3N2O. The fourth-order valence-electron chi connectivity index (χ4n) is 1.81. The van der Waals surface area contributed by atoms with Crippen LogP contribution in [0.4, 0.5) is 0 Å². The molecule has 0 saturated carbocycles. The summed E-state index contributed by atoms with van der Waals surface area (Å²) < 4.78 is 0. The maximum atomic E-state index is 12.1. The molecule has 1 aliphatic rings. The van der Waals surface area contributed by atoms with Crippen LogP contribution in [0.5, 0.6) is 0 Å². The van der Waals surface area contributed by atoms with Crippen molar-refractivity contribution in [2.24, 2.45) is 5.73 Å². The number of amides is 1. The van der Waals surface area contributed by atoms with Crippen molar-refractivity contribution >= 4 is 41.5 Å². The van der Waals surface area contributed by atoms with Crippen molar-refractivity contribution in [2.45, 2.75) is 12.5 Å². The van der Waals surface area contributed by atoms with Crippen molar-refractivity contribution in [3.05, 3.63) is 33.8 Å². The Kier molecular flexibility index (Phi) is 5.07. The van der Waals surface area contributed by atoms with Crippen molar-refractivity contribution < 1.29 is 4.79 Å². The average Bonchev–Trinajstić information content (AvgIpc) is 2.68. The van der Waals surface area contributed by atoms with Crippen LogP contribution in [-0.2, 0) is 0 Å². The fraction of sp³-hybridized carbons (Fsp3) is 0.364. The summed E-state index contributed by atoms with van der Waals surface area (Å²) in [6, 6.07) is 5.13. The van der Waals surface area contributed by atoms with E-state index in [1.165, 1.54) is 0 Å². The van der Waals surface area contributed by atoms with Crippen LogP contribution >= 0.6 is 35.6 Å². The van der Waals surface area contributed by atoms with Crippen LogP contribution in [0.25, 0.3) is 0 Å². The van der Waals surface area contributed by atoms with Crippen molar-refractivity contribution in [3.63, 3.8) is 0 Å². The highest BCUT2D eigenvalue weighted by Gasteiger charge is 2.26. The normalized spacial score (nSPS) is 19.0. The summed E-state index contributed by atoms with van der Waals surface area (Å²) in [5, 5.41) is 0.714. The van der Waals surface area contributed by atoms with Gasteiger partial charge in [-0.2, -0.15) is 0 Å². The molecule has 1 saturated heterocycles. The Hall–Kier alpha value is -0.480. The zero-order valence-electron chi connectivity index (χ0n) is 9.03. The SMILES string of the molecule is Cl.N[C@H]1CCN(C(=O)c2cccc(Cl)c2Cl)C1. The molecule has 0 unspecified atom stereocenters. The Morgan fingerprint density at radius 2 is 2.12 bits per heavy atom. The van der Waals surface area contributed by atoms with Crippen LogP contribution in [0.3, 0.4) is 0 Å². The maximum Gasteiger partial charge on any atom is 0.255 e. The number of rotatable bonds is 1. The standard InChI is InChI=1S/C11H12Cl2N2O.ClH/c12-9-3-1-2-8(10(9)13)11(16)15-5-4-7(14)6-15;/h1-3,7H,4-6,14H2;1H/t7-;/m0./s1. The van der Waals surface area contributed by atoms with Gasteiger partial charge in [0.05, 0.1) is 15.6 Å². The third-order valence-electron chi connectivity index (χ3n) is 2.69. The molecule has 0 bridgehead atoms. The molecule has 0 aromatic heterocycles. The molecule has 1 fully saturated rings. The molecule has 1 atom stereocenters. The number of carbonyl (C=O) groups is 1. The second-order valence-corrected chi connectivity index (χ2v) is 4.69. The molecule has 0 radical (unpaired) electrons. The molecule has 6 heteroatoms. The minimum absolute atomic E-state index is 0. The van der Waals surface area contributed by atoms with Crippen LogP contribution in [0, 0.1) is 0 Å². The van der Waals surface area contributed by atoms with E-state index in [1.807, 2.05) is 0 Å². The summed E-state index contributed by atoms with van der Waals surface area (Å²) in [6.45, 7) is 1.27. The first-order chi connectivity index (χ1) is 7.59. The highest BCUT2D eigenvalue weighted by molar-refractivity contribution is 6.43. The first-order valence-electron chi connectivity index (χ1n) is 5.08. The monoisotopic (exact) mass is 294 g/mol. The average molecular weight is 296 g/mol. The van der Waals surface area contributed by atoms with Gasteiger partial charge in [0, 0.05) is 19.1 Å². The van der Waals surface area contributed by atoms with Crippen LogP contribution in [0.2, 0.25) is 10.0 Å². The summed E-state index contributed by atoms with van der Waals surface area (Å²) in [4.78, 5) is 13.8. The highest BCUT2D eigenvalue weighted by Crippen LogP contribution is 2.27. The number of hydrogen-bond donors (Lipinski definition) is 1. The van der Waals surface area contributed by atoms with E-state index in [0.29, 0.717) is 28.7 Å². The molecule has 17 heavy (non-hydrogen) atoms. The van der Waals surface area contributed by atoms with E-state index in [2.05, 4.69) is 0 Å². The molecule has 1 aliphatic heterocycles. The van der Waals surface area contributed by atoms with E-state index in [0.717, 1.165) is 6.42 Å². The van der Waals surface area contributed by atoms with Crippen molar-refractivity contribution in [1.82, 2.24) is 4.90 Å². The Morgan fingerprint density at radius 3 is 2.71 bits per heavy atom. The predicted molar refractivity (Wildman–Crippen MR) is 72.2 cm³/mol. The van der Waals surface area contributed by atoms with Gasteiger partial charge in [0.25, 0.3) is 5.91 Å². The maximum absolute atomic E-state index is 12.1. The Balaban J connectivity index is 0.00000144. The molecule has 0 aliphatic carbocycles. The van der Waals surface area contributed by atoms with Gasteiger partial charge in [-0.3, -0.25) is 4.79 Å². The second kappa shape index (κ2) is 5.91. The van der Waals surface area contributed by atoms with Crippen molar-refractivity contribution in [3.8, 4) is 0 Å². The van der Waals surface area contributed by atoms with Crippen LogP contribution in [0.1, 0.15) is 16.8 Å². The zero-order chi connectivity index (χ0) is 11.7. The molecule has 1 amide bonds. The van der Waals surface area contributed by atoms with Gasteiger partial charge in [-0.05, 0) is 18.6 Å². The van der Waals surface area contributed by atoms with Gasteiger partial charge in [-0.15, -0.1) is 12.4 Å². The first-order valence-corrected chi connectivity index (χ1v) is 5.84. The number of hydrogen-bond acceptors (Lipinski definition) is 2. The van der Waals surface area contributed by atoms with Crippen molar-refractivity contribution in [1.29, 1.82) is 0 Å². The number of halogens is 3. The van der Waals surface area contributed by atoms with E-state index in [9.17, 15) is 4.79 Å². The number of nitrogens with two attached hydrogens (primary N) is 1. The minimum atomic E-state index is -0.0968. The number of likely N-dealkylation sites (tertiary alicyclic amines) is 1. The molecule has 1 aromatic carbocycles. The molecule has 2 N–H and O–H groups in total. The molecule has 94 valence electrons. The van der Waals surface area contributed by atoms with Crippen LogP contribution in [0.15, 0.2) is 18.2 Å². The first kappa shape index (κ1) is 14.6. The van der Waals surface area contributed by atoms with E-state index in [1.54, 1.807) is 23.1 Å². The van der Waals surface area contributed by atoms with Gasteiger partial charge in [0.15, 0.2) is 0 Å². The summed E-state index contributed by atoms with van der Waals surface area (Å²) in [6.07, 6.45) is 0.837. The molecular weight excluding hydrogens is 282 g/mol. The largest absolute Gasteiger partial charge is 0.337 e. The lowest BCUT2D eigenvalue weighted by molar-refractivity contribution is 0.0791. The van der Waals surface area contributed by atoms with Crippen LogP contribution in [-0.4, -0.2) is 29.9 Å². The summed E-state index contributed by atoms with van der Waals surface area (Å²) >= 11 is 11.9. The zero-order valence-corrected chi connectivity index (χ0v) is 11.4. The van der Waals surface area contributed by atoms with Crippen molar-refractivity contribution in [2.75, 3.05) is 13.1 Å². The lowest BCUT2D eigenvalue weighted by Crippen LogP contribution is -2.32. The van der Waals surface area contributed by atoms with E-state index in [4.69, 9.17) is 28.9 Å². The quantitative estimate of drug-likeness (QED) is 0.865. The van der Waals surface area contributed by atoms with Gasteiger partial charge in [-0.1, -0.05) is 29.3 Å². The molecule has 2 rings (SSSR count). The van der Waals surface area contributed by atoms with Gasteiger partial charge in [0.1, 0.15) is 0 Å². The lowest BCUT2D eigenvalue weighted by Gasteiger charge is -2.16. The van der Waals surface area contributed by atoms with Gasteiger partial charge in [0.2, 0.25) is 0 Å². The summed E-state index contributed by atoms with van der Waals surface area (Å²) in [5.41, 5.74) is 6.20. The number of nitrogens with zero attached hydrogens (tertiary/aromatic N) is 1. The van der Waals surface area contributed by atoms with E-state index in [-0.39, 0.29) is 24.4 Å². The Labute approximate surface area is 116 Å². The predicted octanol–water partition coefficient (Wildman–Crippen LogP) is 2.59. The Morgan fingerprint density at radius 1 is 1.41 bits per heavy atom. The van der Waals surface area contributed by atoms with Gasteiger partial charge >= 0.3 is 0 Å². The third-order valence-corrected chi connectivity index (χ3v) is 3.51. The lowest BCUT2D eigenvalue weighted by atomic mass is 10.2. The number of benzene rings is 1. The molecule has 1 heterocycles. The number of carbonyl (C=O) groups excluding carboxylic acids is 1. The fourth-order valence-corrected chi connectivity index (χ4v) is 2.19. The van der Waals surface area contributed by atoms with Crippen LogP contribution < -0.4 is 5.73 Å². The van der Waals surface area contributed by atoms with E-state index < -0.39 is 0 Å². The minimum Gasteiger partial charge on any atom is -0.337 e. The molecule has 3 nitrogen and oxygen atoms in total. The second-order valence-electron chi connectivity index (χ2n) is 3.90. The molecule has 0 spiro atoms. The third kappa shape index (κ3) is 3.05.